The van der Waals surface area contributed by atoms with E-state index in [1.165, 1.54) is 0 Å². The number of hydrogen-bond acceptors (Lipinski definition) is 1. The van der Waals surface area contributed by atoms with Gasteiger partial charge in [0, 0.05) is 10.5 Å². The summed E-state index contributed by atoms with van der Waals surface area (Å²) in [5, 5.41) is 3.06. The molecule has 1 aromatic rings. The molecule has 0 radical (unpaired) electrons. The van der Waals surface area contributed by atoms with E-state index in [4.69, 9.17) is 5.53 Å². The Labute approximate surface area is 75.8 Å². The topological polar surface area (TPSA) is 65.8 Å². The highest BCUT2D eigenvalue weighted by Gasteiger charge is 2.08. The van der Waals surface area contributed by atoms with E-state index in [1.807, 2.05) is 32.0 Å². The summed E-state index contributed by atoms with van der Waals surface area (Å²) in [5.41, 5.74) is 10.3. The van der Waals surface area contributed by atoms with Gasteiger partial charge < -0.3 is 0 Å². The van der Waals surface area contributed by atoms with Crippen molar-refractivity contribution in [1.29, 1.82) is 0 Å². The van der Waals surface area contributed by atoms with Crippen LogP contribution in [0.3, 0.4) is 0 Å². The normalized spacial score (nSPS) is 9.08. The van der Waals surface area contributed by atoms with Crippen molar-refractivity contribution in [2.24, 2.45) is 5.11 Å². The van der Waals surface area contributed by atoms with Crippen LogP contribution >= 0.6 is 0 Å². The Kier molecular flexibility index (Phi) is 2.67. The van der Waals surface area contributed by atoms with E-state index in [0.29, 0.717) is 5.56 Å². The third kappa shape index (κ3) is 1.86. The van der Waals surface area contributed by atoms with Crippen molar-refractivity contribution in [1.82, 2.24) is 0 Å². The minimum Gasteiger partial charge on any atom is -0.287 e. The molecule has 0 N–H and O–H groups in total. The van der Waals surface area contributed by atoms with E-state index in [0.717, 1.165) is 11.1 Å². The Hall–Kier alpha value is -1.80. The number of hydrogen-bond donors (Lipinski definition) is 0. The van der Waals surface area contributed by atoms with Gasteiger partial charge in [-0.05, 0) is 35.6 Å². The Balaban J connectivity index is 3.27. The third-order valence-corrected chi connectivity index (χ3v) is 1.83. The molecule has 0 heterocycles. The van der Waals surface area contributed by atoms with Crippen LogP contribution in [0, 0.1) is 13.8 Å². The molecule has 0 aliphatic heterocycles. The molecule has 4 heteroatoms. The second kappa shape index (κ2) is 3.74. The molecule has 0 spiro atoms. The lowest BCUT2D eigenvalue weighted by Gasteiger charge is -2.03. The average molecular weight is 175 g/mol. The Bertz CT molecular complexity index is 372. The van der Waals surface area contributed by atoms with Gasteiger partial charge in [-0.25, -0.2) is 0 Å². The second-order valence-corrected chi connectivity index (χ2v) is 2.76. The first-order valence-corrected chi connectivity index (χ1v) is 3.82. The molecule has 0 atom stereocenters. The fourth-order valence-corrected chi connectivity index (χ4v) is 1.24. The minimum absolute atomic E-state index is 0.500. The molecule has 0 saturated carbocycles. The SMILES string of the molecule is Cc1cccc(C)c1C(=O)N=[N+]=[N-]. The zero-order valence-corrected chi connectivity index (χ0v) is 7.48. The Morgan fingerprint density at radius 3 is 2.38 bits per heavy atom. The Morgan fingerprint density at radius 2 is 1.92 bits per heavy atom. The van der Waals surface area contributed by atoms with Crippen LogP contribution in [0.1, 0.15) is 21.5 Å². The molecule has 66 valence electrons. The fourth-order valence-electron chi connectivity index (χ4n) is 1.24. The molecule has 0 aromatic heterocycles. The maximum atomic E-state index is 11.3. The monoisotopic (exact) mass is 175 g/mol. The number of carbonyl (C=O) groups excluding carboxylic acids is 1. The summed E-state index contributed by atoms with van der Waals surface area (Å²) in [6.45, 7) is 3.63. The molecule has 4 nitrogen and oxygen atoms in total. The van der Waals surface area contributed by atoms with Gasteiger partial charge in [0.15, 0.2) is 0 Å². The molecule has 1 amide bonds. The molecular weight excluding hydrogens is 166 g/mol. The highest BCUT2D eigenvalue weighted by molar-refractivity contribution is 5.97. The number of nitrogens with zero attached hydrogens (tertiary/aromatic N) is 3. The summed E-state index contributed by atoms with van der Waals surface area (Å²) in [5.74, 6) is -0.516. The molecule has 0 aliphatic carbocycles. The van der Waals surface area contributed by atoms with E-state index in [-0.39, 0.29) is 0 Å². The second-order valence-electron chi connectivity index (χ2n) is 2.76. The summed E-state index contributed by atoms with van der Waals surface area (Å²) >= 11 is 0. The maximum absolute atomic E-state index is 11.3. The predicted octanol–water partition coefficient (Wildman–Crippen LogP) is 2.75. The van der Waals surface area contributed by atoms with Crippen LogP contribution in [0.5, 0.6) is 0 Å². The number of azide groups is 1. The van der Waals surface area contributed by atoms with E-state index in [2.05, 4.69) is 10.0 Å². The van der Waals surface area contributed by atoms with Crippen LogP contribution in [-0.4, -0.2) is 5.91 Å². The van der Waals surface area contributed by atoms with Gasteiger partial charge in [-0.2, -0.15) is 0 Å². The number of aryl methyl sites for hydroxylation is 2. The number of amides is 1. The van der Waals surface area contributed by atoms with E-state index in [9.17, 15) is 4.79 Å². The Morgan fingerprint density at radius 1 is 1.38 bits per heavy atom. The van der Waals surface area contributed by atoms with E-state index >= 15 is 0 Å². The standard InChI is InChI=1S/C9H9N3O/c1-6-4-3-5-7(2)8(6)9(13)11-12-10/h3-5H,1-2H3. The lowest BCUT2D eigenvalue weighted by Crippen LogP contribution is -1.99. The van der Waals surface area contributed by atoms with E-state index < -0.39 is 5.91 Å². The third-order valence-electron chi connectivity index (χ3n) is 1.83. The average Bonchev–Trinajstić information content (AvgIpc) is 2.04. The summed E-state index contributed by atoms with van der Waals surface area (Å²) in [6, 6.07) is 5.48. The van der Waals surface area contributed by atoms with E-state index in [1.54, 1.807) is 0 Å². The zero-order valence-electron chi connectivity index (χ0n) is 7.48. The van der Waals surface area contributed by atoms with Gasteiger partial charge in [0.25, 0.3) is 0 Å². The summed E-state index contributed by atoms with van der Waals surface area (Å²) < 4.78 is 0. The van der Waals surface area contributed by atoms with Crippen molar-refractivity contribution >= 4 is 5.91 Å². The van der Waals surface area contributed by atoms with Gasteiger partial charge >= 0.3 is 0 Å². The van der Waals surface area contributed by atoms with Crippen LogP contribution in [0.4, 0.5) is 0 Å². The quantitative estimate of drug-likeness (QED) is 0.367. The van der Waals surface area contributed by atoms with Crippen LogP contribution in [-0.2, 0) is 0 Å². The van der Waals surface area contributed by atoms with Gasteiger partial charge in [-0.1, -0.05) is 18.2 Å². The molecular formula is C9H9N3O. The predicted molar refractivity (Wildman–Crippen MR) is 49.4 cm³/mol. The maximum Gasteiger partial charge on any atom is 0.249 e. The van der Waals surface area contributed by atoms with Crippen molar-refractivity contribution in [3.8, 4) is 0 Å². The van der Waals surface area contributed by atoms with Crippen LogP contribution in [0.15, 0.2) is 23.3 Å². The molecule has 1 rings (SSSR count). The van der Waals surface area contributed by atoms with Crippen LogP contribution < -0.4 is 0 Å². The molecule has 0 fully saturated rings. The lowest BCUT2D eigenvalue weighted by atomic mass is 10.0. The fraction of sp³-hybridized carbons (Fsp3) is 0.222. The van der Waals surface area contributed by atoms with Crippen LogP contribution in [0.2, 0.25) is 0 Å². The highest BCUT2D eigenvalue weighted by Crippen LogP contribution is 2.14. The van der Waals surface area contributed by atoms with Gasteiger partial charge in [-0.15, -0.1) is 0 Å². The molecule has 0 bridgehead atoms. The van der Waals surface area contributed by atoms with Crippen molar-refractivity contribution < 1.29 is 4.79 Å². The summed E-state index contributed by atoms with van der Waals surface area (Å²) in [7, 11) is 0. The van der Waals surface area contributed by atoms with Gasteiger partial charge in [0.1, 0.15) is 0 Å². The smallest absolute Gasteiger partial charge is 0.249 e. The van der Waals surface area contributed by atoms with Gasteiger partial charge in [-0.3, -0.25) is 4.79 Å². The summed E-state index contributed by atoms with van der Waals surface area (Å²) in [6.07, 6.45) is 0. The first-order chi connectivity index (χ1) is 6.16. The van der Waals surface area contributed by atoms with Crippen LogP contribution in [0.25, 0.3) is 10.4 Å². The zero-order chi connectivity index (χ0) is 9.84. The van der Waals surface area contributed by atoms with Crippen molar-refractivity contribution in [2.75, 3.05) is 0 Å². The number of carbonyl (C=O) groups is 1. The number of benzene rings is 1. The van der Waals surface area contributed by atoms with Crippen molar-refractivity contribution in [3.63, 3.8) is 0 Å². The minimum atomic E-state index is -0.516. The summed E-state index contributed by atoms with van der Waals surface area (Å²) in [4.78, 5) is 13.7. The first-order valence-electron chi connectivity index (χ1n) is 3.82. The van der Waals surface area contributed by atoms with Crippen molar-refractivity contribution in [3.05, 3.63) is 45.3 Å². The lowest BCUT2D eigenvalue weighted by molar-refractivity contribution is 0.0999. The first kappa shape index (κ1) is 9.29. The van der Waals surface area contributed by atoms with Gasteiger partial charge in [0.05, 0.1) is 0 Å². The highest BCUT2D eigenvalue weighted by atomic mass is 16.1. The number of rotatable bonds is 1. The molecule has 0 unspecified atom stereocenters. The molecule has 13 heavy (non-hydrogen) atoms. The molecule has 1 aromatic carbocycles. The molecule has 0 aliphatic rings. The molecule has 0 saturated heterocycles. The van der Waals surface area contributed by atoms with Gasteiger partial charge in [0.2, 0.25) is 5.91 Å². The van der Waals surface area contributed by atoms with Crippen molar-refractivity contribution in [2.45, 2.75) is 13.8 Å². The largest absolute Gasteiger partial charge is 0.287 e.